The van der Waals surface area contributed by atoms with Gasteiger partial charge in [0.15, 0.2) is 5.78 Å². The van der Waals surface area contributed by atoms with Crippen LogP contribution in [0.15, 0.2) is 41.5 Å². The third kappa shape index (κ3) is 7.06. The maximum atomic E-state index is 14.4. The molecule has 2 amide bonds. The average molecular weight is 869 g/mol. The number of fused-ring (bicyclic) bond motifs is 7. The molecule has 1 saturated heterocycles. The summed E-state index contributed by atoms with van der Waals surface area (Å²) < 4.78 is 17.8. The summed E-state index contributed by atoms with van der Waals surface area (Å²) in [7, 11) is 0. The van der Waals surface area contributed by atoms with Gasteiger partial charge in [0.1, 0.15) is 18.1 Å². The van der Waals surface area contributed by atoms with Gasteiger partial charge < -0.3 is 24.4 Å². The number of ether oxygens (including phenoxy) is 3. The zero-order valence-electron chi connectivity index (χ0n) is 40.2. The van der Waals surface area contributed by atoms with Crippen molar-refractivity contribution in [3.63, 3.8) is 0 Å². The topological polar surface area (TPSA) is 128 Å². The molecule has 0 aromatic heterocycles. The van der Waals surface area contributed by atoms with Crippen molar-refractivity contribution in [2.75, 3.05) is 26.3 Å². The third-order valence-electron chi connectivity index (χ3n) is 19.4. The second kappa shape index (κ2) is 15.8. The minimum atomic E-state index is -1.29. The number of hydrogen-bond donors (Lipinski definition) is 1. The molecular weight excluding hydrogens is 793 g/mol. The number of allylic oxidation sites excluding steroid dienone is 1. The number of esters is 2. The largest absolute Gasteiger partial charge is 0.462 e. The number of carbonyl (C=O) groups excluding carboxylic acids is 5. The minimum absolute atomic E-state index is 0.0106. The number of benzene rings is 1. The number of nitrogens with one attached hydrogen (secondary N) is 1. The standard InChI is InChI=1S/C53H76N2O8/c1-32(2)41-37(56)30-53(54-45(59)49(7,8)46(60)55-25-27-61-28-26-55)24-23-51(10)34(42(41)53)17-18-39-50(9)21-20-40(48(5,6)38(50)19-22-52(39,51)11)63-44(58)36-29-35(47(36,3)4)43(57)62-31-33-15-13-12-14-16-33/h12-16,32,34-36,38-40H,17-31H2,1-11H3,(H,54,59)/t34-,35+,36-,38+,39-,40+,50+,51-,52-,53-/m1/s1. The Kier molecular flexibility index (Phi) is 11.6. The molecule has 10 atom stereocenters. The first-order valence-electron chi connectivity index (χ1n) is 24.3. The van der Waals surface area contributed by atoms with E-state index in [1.807, 2.05) is 44.2 Å². The highest BCUT2D eigenvalue weighted by Gasteiger charge is 2.71. The van der Waals surface area contributed by atoms with Crippen molar-refractivity contribution in [2.24, 2.45) is 68.0 Å². The van der Waals surface area contributed by atoms with E-state index in [9.17, 15) is 24.0 Å². The van der Waals surface area contributed by atoms with E-state index in [0.29, 0.717) is 51.0 Å². The number of hydrogen-bond acceptors (Lipinski definition) is 8. The van der Waals surface area contributed by atoms with Gasteiger partial charge in [-0.25, -0.2) is 0 Å². The number of Topliss-reactive ketones (excluding diaryl/α,β-unsaturated/α-hetero) is 1. The molecule has 346 valence electrons. The van der Waals surface area contributed by atoms with Crippen molar-refractivity contribution in [3.05, 3.63) is 47.0 Å². The van der Waals surface area contributed by atoms with Gasteiger partial charge in [-0.1, -0.05) is 92.6 Å². The van der Waals surface area contributed by atoms with Crippen LogP contribution in [0.5, 0.6) is 0 Å². The Labute approximate surface area is 376 Å². The third-order valence-corrected chi connectivity index (χ3v) is 19.4. The van der Waals surface area contributed by atoms with Gasteiger partial charge in [0, 0.05) is 24.9 Å². The highest BCUT2D eigenvalue weighted by atomic mass is 16.5. The molecule has 10 heteroatoms. The van der Waals surface area contributed by atoms with Gasteiger partial charge >= 0.3 is 11.9 Å². The lowest BCUT2D eigenvalue weighted by Gasteiger charge is -2.72. The van der Waals surface area contributed by atoms with Crippen molar-refractivity contribution in [2.45, 2.75) is 159 Å². The molecule has 1 aromatic rings. The predicted octanol–water partition coefficient (Wildman–Crippen LogP) is 9.04. The fourth-order valence-electron chi connectivity index (χ4n) is 15.3. The van der Waals surface area contributed by atoms with E-state index in [2.05, 4.69) is 53.8 Å². The molecular formula is C53H76N2O8. The number of rotatable bonds is 9. The van der Waals surface area contributed by atoms with E-state index in [1.54, 1.807) is 18.7 Å². The van der Waals surface area contributed by atoms with Gasteiger partial charge in [-0.15, -0.1) is 0 Å². The number of morpholine rings is 1. The number of carbonyl (C=O) groups is 5. The molecule has 6 fully saturated rings. The molecule has 1 aromatic carbocycles. The molecule has 1 N–H and O–H groups in total. The Balaban J connectivity index is 0.985. The molecule has 8 rings (SSSR count). The lowest BCUT2D eigenvalue weighted by Crippen LogP contribution is -2.68. The Morgan fingerprint density at radius 3 is 2.13 bits per heavy atom. The smallest absolute Gasteiger partial charge is 0.309 e. The van der Waals surface area contributed by atoms with Crippen molar-refractivity contribution in [1.82, 2.24) is 10.2 Å². The van der Waals surface area contributed by atoms with Gasteiger partial charge in [-0.05, 0) is 134 Å². The minimum Gasteiger partial charge on any atom is -0.462 e. The van der Waals surface area contributed by atoms with E-state index < -0.39 is 16.4 Å². The van der Waals surface area contributed by atoms with Crippen LogP contribution < -0.4 is 5.32 Å². The van der Waals surface area contributed by atoms with E-state index >= 15 is 0 Å². The molecule has 10 nitrogen and oxygen atoms in total. The van der Waals surface area contributed by atoms with E-state index in [0.717, 1.165) is 61.7 Å². The van der Waals surface area contributed by atoms with Gasteiger partial charge in [0.25, 0.3) is 0 Å². The maximum absolute atomic E-state index is 14.4. The summed E-state index contributed by atoms with van der Waals surface area (Å²) in [6.45, 7) is 26.0. The van der Waals surface area contributed by atoms with Crippen LogP contribution in [0.25, 0.3) is 0 Å². The van der Waals surface area contributed by atoms with Crippen molar-refractivity contribution < 1.29 is 38.2 Å². The van der Waals surface area contributed by atoms with E-state index in [1.165, 1.54) is 0 Å². The average Bonchev–Trinajstić information content (AvgIpc) is 3.53. The number of ketones is 1. The number of amides is 2. The molecule has 0 spiro atoms. The second-order valence-corrected chi connectivity index (χ2v) is 23.8. The first kappa shape index (κ1) is 46.0. The van der Waals surface area contributed by atoms with Gasteiger partial charge in [0.05, 0.1) is 30.6 Å². The summed E-state index contributed by atoms with van der Waals surface area (Å²) in [5, 5.41) is 3.47. The van der Waals surface area contributed by atoms with Crippen molar-refractivity contribution in [3.8, 4) is 0 Å². The monoisotopic (exact) mass is 869 g/mol. The predicted molar refractivity (Wildman–Crippen MR) is 241 cm³/mol. The van der Waals surface area contributed by atoms with Gasteiger partial charge in [-0.2, -0.15) is 0 Å². The Bertz CT molecular complexity index is 2050. The van der Waals surface area contributed by atoms with E-state index in [4.69, 9.17) is 14.2 Å². The SMILES string of the molecule is CC(C)C1=C2[C@H]3CC[C@@H]4[C@@]5(C)CC[C@H](OC(=O)[C@H]6C[C@@H](C(=O)OCc7ccccc7)C6(C)C)C(C)(C)[C@@H]5CC[C@@]4(C)[C@]3(C)CC[C@@]2(NC(=O)C(C)(C)C(=O)N2CCOCC2)CC1=O. The van der Waals surface area contributed by atoms with Crippen LogP contribution >= 0.6 is 0 Å². The maximum Gasteiger partial charge on any atom is 0.309 e. The molecule has 63 heavy (non-hydrogen) atoms. The molecule has 7 aliphatic rings. The van der Waals surface area contributed by atoms with Crippen LogP contribution in [-0.4, -0.2) is 72.4 Å². The second-order valence-electron chi connectivity index (χ2n) is 23.8. The molecule has 0 unspecified atom stereocenters. The van der Waals surface area contributed by atoms with Crippen LogP contribution in [0.1, 0.15) is 146 Å². The molecule has 1 heterocycles. The van der Waals surface area contributed by atoms with Crippen LogP contribution in [-0.2, 0) is 44.8 Å². The fraction of sp³-hybridized carbons (Fsp3) is 0.755. The van der Waals surface area contributed by atoms with Crippen LogP contribution in [0.2, 0.25) is 0 Å². The molecule has 0 radical (unpaired) electrons. The Morgan fingerprint density at radius 1 is 0.810 bits per heavy atom. The first-order valence-corrected chi connectivity index (χ1v) is 24.3. The Hall–Kier alpha value is -3.53. The highest BCUT2D eigenvalue weighted by molar-refractivity contribution is 6.06. The van der Waals surface area contributed by atoms with Gasteiger partial charge in [-0.3, -0.25) is 24.0 Å². The summed E-state index contributed by atoms with van der Waals surface area (Å²) >= 11 is 0. The summed E-state index contributed by atoms with van der Waals surface area (Å²) in [5.41, 5.74) is 0.0626. The normalized spacial score (nSPS) is 38.0. The fourth-order valence-corrected chi connectivity index (χ4v) is 15.3. The summed E-state index contributed by atoms with van der Waals surface area (Å²) in [4.78, 5) is 71.5. The quantitative estimate of drug-likeness (QED) is 0.193. The summed E-state index contributed by atoms with van der Waals surface area (Å²) in [5.74, 6) is -0.510. The molecule has 1 aliphatic heterocycles. The van der Waals surface area contributed by atoms with Crippen LogP contribution in [0.4, 0.5) is 0 Å². The highest BCUT2D eigenvalue weighted by Crippen LogP contribution is 2.76. The van der Waals surface area contributed by atoms with Crippen LogP contribution in [0, 0.1) is 68.0 Å². The number of nitrogens with zero attached hydrogens (tertiary/aromatic N) is 1. The molecule has 5 saturated carbocycles. The van der Waals surface area contributed by atoms with Crippen LogP contribution in [0.3, 0.4) is 0 Å². The zero-order chi connectivity index (χ0) is 45.7. The van der Waals surface area contributed by atoms with Gasteiger partial charge in [0.2, 0.25) is 11.8 Å². The van der Waals surface area contributed by atoms with Crippen molar-refractivity contribution in [1.29, 1.82) is 0 Å². The summed E-state index contributed by atoms with van der Waals surface area (Å²) in [6, 6.07) is 9.68. The Morgan fingerprint density at radius 2 is 1.48 bits per heavy atom. The van der Waals surface area contributed by atoms with Crippen molar-refractivity contribution >= 4 is 29.5 Å². The zero-order valence-corrected chi connectivity index (χ0v) is 40.2. The molecule has 6 aliphatic carbocycles. The molecule has 0 bridgehead atoms. The summed E-state index contributed by atoms with van der Waals surface area (Å²) in [6.07, 6.45) is 7.94. The van der Waals surface area contributed by atoms with E-state index in [-0.39, 0.29) is 94.0 Å². The first-order chi connectivity index (χ1) is 29.5. The lowest BCUT2D eigenvalue weighted by molar-refractivity contribution is -0.235. The lowest BCUT2D eigenvalue weighted by atomic mass is 9.33.